The third kappa shape index (κ3) is 2.38. The third-order valence-corrected chi connectivity index (χ3v) is 4.74. The van der Waals surface area contributed by atoms with Crippen LogP contribution in [0.15, 0.2) is 35.4 Å². The van der Waals surface area contributed by atoms with E-state index in [1.807, 2.05) is 0 Å². The molecule has 1 aromatic carbocycles. The van der Waals surface area contributed by atoms with Crippen LogP contribution >= 0.6 is 0 Å². The lowest BCUT2D eigenvalue weighted by atomic mass is 10.2. The number of anilines is 2. The molecular formula is C13H14N4O3S. The highest BCUT2D eigenvalue weighted by atomic mass is 32.2. The van der Waals surface area contributed by atoms with Crippen LogP contribution in [-0.4, -0.2) is 31.2 Å². The first-order valence-corrected chi connectivity index (χ1v) is 7.77. The molecule has 0 saturated heterocycles. The maximum absolute atomic E-state index is 12.3. The summed E-state index contributed by atoms with van der Waals surface area (Å²) in [5.41, 5.74) is 1.46. The second-order valence-electron chi connectivity index (χ2n) is 4.90. The smallest absolute Gasteiger partial charge is 0.263 e. The van der Waals surface area contributed by atoms with Gasteiger partial charge in [-0.15, -0.1) is 0 Å². The van der Waals surface area contributed by atoms with Gasteiger partial charge in [0, 0.05) is 32.0 Å². The minimum Gasteiger partial charge on any atom is -0.315 e. The van der Waals surface area contributed by atoms with E-state index in [1.54, 1.807) is 32.4 Å². The van der Waals surface area contributed by atoms with Gasteiger partial charge < -0.3 is 4.90 Å². The van der Waals surface area contributed by atoms with E-state index >= 15 is 0 Å². The number of aryl methyl sites for hydroxylation is 1. The van der Waals surface area contributed by atoms with Crippen molar-refractivity contribution < 1.29 is 13.2 Å². The van der Waals surface area contributed by atoms with E-state index in [0.29, 0.717) is 5.56 Å². The van der Waals surface area contributed by atoms with Gasteiger partial charge in [0.1, 0.15) is 0 Å². The summed E-state index contributed by atoms with van der Waals surface area (Å²) in [5.74, 6) is 0.212. The maximum Gasteiger partial charge on any atom is 0.263 e. The van der Waals surface area contributed by atoms with Crippen LogP contribution in [0, 0.1) is 0 Å². The number of sulfonamides is 1. The van der Waals surface area contributed by atoms with Crippen LogP contribution in [0.3, 0.4) is 0 Å². The molecule has 0 radical (unpaired) electrons. The van der Waals surface area contributed by atoms with Gasteiger partial charge in [0.2, 0.25) is 5.91 Å². The topological polar surface area (TPSA) is 84.3 Å². The molecule has 0 aliphatic carbocycles. The van der Waals surface area contributed by atoms with Gasteiger partial charge in [-0.2, -0.15) is 5.10 Å². The Morgan fingerprint density at radius 2 is 2.00 bits per heavy atom. The molecular weight excluding hydrogens is 292 g/mol. The van der Waals surface area contributed by atoms with Crippen LogP contribution in [0.2, 0.25) is 0 Å². The number of rotatable bonds is 3. The molecule has 0 unspecified atom stereocenters. The number of carbonyl (C=O) groups excluding carboxylic acids is 1. The van der Waals surface area contributed by atoms with Crippen LogP contribution < -0.4 is 9.62 Å². The van der Waals surface area contributed by atoms with Crippen LogP contribution in [0.1, 0.15) is 5.56 Å². The molecule has 3 rings (SSSR count). The summed E-state index contributed by atoms with van der Waals surface area (Å²) < 4.78 is 28.5. The number of nitrogens with one attached hydrogen (secondary N) is 1. The Labute approximate surface area is 122 Å². The van der Waals surface area contributed by atoms with Crippen LogP contribution in [0.5, 0.6) is 0 Å². The number of carbonyl (C=O) groups is 1. The summed E-state index contributed by atoms with van der Waals surface area (Å²) in [5, 5.41) is 3.98. The normalized spacial score (nSPS) is 14.4. The number of fused-ring (bicyclic) bond motifs is 1. The van der Waals surface area contributed by atoms with E-state index in [9.17, 15) is 13.2 Å². The summed E-state index contributed by atoms with van der Waals surface area (Å²) >= 11 is 0. The van der Waals surface area contributed by atoms with Gasteiger partial charge in [-0.25, -0.2) is 8.42 Å². The second kappa shape index (κ2) is 4.59. The van der Waals surface area contributed by atoms with Gasteiger partial charge in [0.15, 0.2) is 5.82 Å². The molecule has 110 valence electrons. The first-order valence-electron chi connectivity index (χ1n) is 6.29. The van der Waals surface area contributed by atoms with Crippen molar-refractivity contribution >= 4 is 27.4 Å². The number of nitrogens with zero attached hydrogens (tertiary/aromatic N) is 3. The monoisotopic (exact) mass is 306 g/mol. The molecule has 2 heterocycles. The van der Waals surface area contributed by atoms with E-state index in [4.69, 9.17) is 0 Å². The standard InChI is InChI=1S/C13H14N4O3S/c1-16-6-5-12(14-16)15-21(19,20)10-3-4-11-9(7-10)8-13(18)17(11)2/h3-7H,8H2,1-2H3,(H,14,15). The zero-order valence-corrected chi connectivity index (χ0v) is 12.4. The number of hydrogen-bond acceptors (Lipinski definition) is 4. The first kappa shape index (κ1) is 13.6. The highest BCUT2D eigenvalue weighted by Crippen LogP contribution is 2.30. The molecule has 0 atom stereocenters. The summed E-state index contributed by atoms with van der Waals surface area (Å²) in [7, 11) is -0.334. The van der Waals surface area contributed by atoms with Crippen molar-refractivity contribution in [1.29, 1.82) is 0 Å². The number of likely N-dealkylation sites (N-methyl/N-ethyl adjacent to an activating group) is 1. The van der Waals surface area contributed by atoms with Crippen molar-refractivity contribution in [2.24, 2.45) is 7.05 Å². The quantitative estimate of drug-likeness (QED) is 0.906. The number of hydrogen-bond donors (Lipinski definition) is 1. The SMILES string of the molecule is CN1C(=O)Cc2cc(S(=O)(=O)Nc3ccn(C)n3)ccc21. The lowest BCUT2D eigenvalue weighted by Gasteiger charge is -2.11. The molecule has 7 nitrogen and oxygen atoms in total. The maximum atomic E-state index is 12.3. The zero-order chi connectivity index (χ0) is 15.2. The van der Waals surface area contributed by atoms with Crippen molar-refractivity contribution in [2.45, 2.75) is 11.3 Å². The largest absolute Gasteiger partial charge is 0.315 e. The lowest BCUT2D eigenvalue weighted by Crippen LogP contribution is -2.20. The Hall–Kier alpha value is -2.35. The van der Waals surface area contributed by atoms with Crippen molar-refractivity contribution in [3.63, 3.8) is 0 Å². The highest BCUT2D eigenvalue weighted by Gasteiger charge is 2.26. The highest BCUT2D eigenvalue weighted by molar-refractivity contribution is 7.92. The molecule has 0 bridgehead atoms. The summed E-state index contributed by atoms with van der Waals surface area (Å²) in [4.78, 5) is 13.3. The van der Waals surface area contributed by atoms with Gasteiger partial charge in [-0.05, 0) is 23.8 Å². The van der Waals surface area contributed by atoms with Gasteiger partial charge >= 0.3 is 0 Å². The van der Waals surface area contributed by atoms with E-state index in [-0.39, 0.29) is 23.0 Å². The fourth-order valence-corrected chi connectivity index (χ4v) is 3.33. The predicted octanol–water partition coefficient (Wildman–Crippen LogP) is 0.740. The van der Waals surface area contributed by atoms with Gasteiger partial charge in [-0.3, -0.25) is 14.2 Å². The Bertz CT molecular complexity index is 826. The Morgan fingerprint density at radius 3 is 2.67 bits per heavy atom. The van der Waals surface area contributed by atoms with Crippen LogP contribution in [0.25, 0.3) is 0 Å². The van der Waals surface area contributed by atoms with E-state index in [1.165, 1.54) is 21.7 Å². The minimum atomic E-state index is -3.71. The Kier molecular flexibility index (Phi) is 2.98. The lowest BCUT2D eigenvalue weighted by molar-refractivity contribution is -0.117. The minimum absolute atomic E-state index is 0.0442. The zero-order valence-electron chi connectivity index (χ0n) is 11.6. The summed E-state index contributed by atoms with van der Waals surface area (Å²) in [6.07, 6.45) is 1.87. The number of amides is 1. The predicted molar refractivity (Wildman–Crippen MR) is 77.6 cm³/mol. The van der Waals surface area contributed by atoms with Gasteiger partial charge in [-0.1, -0.05) is 0 Å². The molecule has 2 aromatic rings. The van der Waals surface area contributed by atoms with E-state index < -0.39 is 10.0 Å². The molecule has 1 aromatic heterocycles. The Morgan fingerprint density at radius 1 is 1.24 bits per heavy atom. The van der Waals surface area contributed by atoms with Crippen LogP contribution in [-0.2, 0) is 28.3 Å². The van der Waals surface area contributed by atoms with Crippen molar-refractivity contribution in [3.05, 3.63) is 36.0 Å². The summed E-state index contributed by atoms with van der Waals surface area (Å²) in [6.45, 7) is 0. The van der Waals surface area contributed by atoms with Gasteiger partial charge in [0.25, 0.3) is 10.0 Å². The second-order valence-corrected chi connectivity index (χ2v) is 6.58. The van der Waals surface area contributed by atoms with E-state index in [0.717, 1.165) is 5.69 Å². The molecule has 1 aliphatic rings. The molecule has 1 amide bonds. The number of benzene rings is 1. The first-order chi connectivity index (χ1) is 9.87. The third-order valence-electron chi connectivity index (χ3n) is 3.39. The van der Waals surface area contributed by atoms with Gasteiger partial charge in [0.05, 0.1) is 11.3 Å². The van der Waals surface area contributed by atoms with Crippen LogP contribution in [0.4, 0.5) is 11.5 Å². The van der Waals surface area contributed by atoms with E-state index in [2.05, 4.69) is 9.82 Å². The van der Waals surface area contributed by atoms with Crippen molar-refractivity contribution in [1.82, 2.24) is 9.78 Å². The molecule has 1 aliphatic heterocycles. The molecule has 0 saturated carbocycles. The fourth-order valence-electron chi connectivity index (χ4n) is 2.28. The summed E-state index contributed by atoms with van der Waals surface area (Å²) in [6, 6.07) is 6.23. The molecule has 1 N–H and O–H groups in total. The average Bonchev–Trinajstić information content (AvgIpc) is 2.93. The van der Waals surface area contributed by atoms with Crippen molar-refractivity contribution in [2.75, 3.05) is 16.7 Å². The molecule has 0 fully saturated rings. The fraction of sp³-hybridized carbons (Fsp3) is 0.231. The molecule has 21 heavy (non-hydrogen) atoms. The molecule has 8 heteroatoms. The number of aromatic nitrogens is 2. The average molecular weight is 306 g/mol. The molecule has 0 spiro atoms. The van der Waals surface area contributed by atoms with Crippen molar-refractivity contribution in [3.8, 4) is 0 Å². The Balaban J connectivity index is 1.94.